The molecule has 1 saturated heterocycles. The molecule has 0 amide bonds. The second kappa shape index (κ2) is 3.83. The quantitative estimate of drug-likeness (QED) is 0.775. The lowest BCUT2D eigenvalue weighted by molar-refractivity contribution is -0.0136. The molecule has 1 fully saturated rings. The summed E-state index contributed by atoms with van der Waals surface area (Å²) in [5.74, 6) is 0.310. The number of benzene rings is 1. The third-order valence-electron chi connectivity index (χ3n) is 2.55. The van der Waals surface area contributed by atoms with Crippen LogP contribution in [0.25, 0.3) is 0 Å². The molecule has 15 heavy (non-hydrogen) atoms. The Morgan fingerprint density at radius 2 is 2.33 bits per heavy atom. The van der Waals surface area contributed by atoms with Gasteiger partial charge in [0.05, 0.1) is 5.60 Å². The van der Waals surface area contributed by atoms with Gasteiger partial charge in [-0.2, -0.15) is 0 Å². The predicted octanol–water partition coefficient (Wildman–Crippen LogP) is 1.66. The molecular weight excluding hydrogens is 190 g/mol. The van der Waals surface area contributed by atoms with Crippen LogP contribution in [-0.2, 0) is 11.2 Å². The van der Waals surface area contributed by atoms with Crippen LogP contribution in [0.5, 0.6) is 5.75 Å². The fraction of sp³-hybridized carbons (Fsp3) is 0.500. The average Bonchev–Trinajstić information content (AvgIpc) is 2.45. The van der Waals surface area contributed by atoms with Crippen LogP contribution in [0, 0.1) is 0 Å². The molecule has 3 heteroatoms. The number of hydrogen-bond donors (Lipinski definition) is 2. The van der Waals surface area contributed by atoms with E-state index in [1.807, 2.05) is 12.1 Å². The number of rotatable bonds is 2. The maximum absolute atomic E-state index is 9.33. The van der Waals surface area contributed by atoms with Crippen molar-refractivity contribution in [1.82, 2.24) is 5.32 Å². The zero-order chi connectivity index (χ0) is 10.9. The van der Waals surface area contributed by atoms with Gasteiger partial charge in [-0.05, 0) is 31.5 Å². The molecule has 1 unspecified atom stereocenters. The van der Waals surface area contributed by atoms with E-state index in [2.05, 4.69) is 19.2 Å². The molecule has 0 bridgehead atoms. The van der Waals surface area contributed by atoms with Gasteiger partial charge in [0.2, 0.25) is 0 Å². The van der Waals surface area contributed by atoms with Crippen molar-refractivity contribution in [3.8, 4) is 5.75 Å². The number of hydrogen-bond acceptors (Lipinski definition) is 3. The van der Waals surface area contributed by atoms with Gasteiger partial charge >= 0.3 is 0 Å². The van der Waals surface area contributed by atoms with E-state index in [1.54, 1.807) is 12.1 Å². The van der Waals surface area contributed by atoms with Gasteiger partial charge < -0.3 is 9.84 Å². The molecular formula is C12H17NO2. The Labute approximate surface area is 90.1 Å². The molecule has 1 atom stereocenters. The number of phenols is 1. The molecule has 3 nitrogen and oxygen atoms in total. The van der Waals surface area contributed by atoms with Crippen LogP contribution in [0.3, 0.4) is 0 Å². The van der Waals surface area contributed by atoms with E-state index in [9.17, 15) is 5.11 Å². The van der Waals surface area contributed by atoms with Crippen molar-refractivity contribution in [2.75, 3.05) is 6.54 Å². The highest BCUT2D eigenvalue weighted by Crippen LogP contribution is 2.20. The summed E-state index contributed by atoms with van der Waals surface area (Å²) in [6.07, 6.45) is 0.847. The Morgan fingerprint density at radius 1 is 1.53 bits per heavy atom. The van der Waals surface area contributed by atoms with Gasteiger partial charge in [0, 0.05) is 13.0 Å². The second-order valence-corrected chi connectivity index (χ2v) is 4.62. The lowest BCUT2D eigenvalue weighted by Crippen LogP contribution is -2.24. The monoisotopic (exact) mass is 207 g/mol. The molecule has 1 aliphatic rings. The third-order valence-corrected chi connectivity index (χ3v) is 2.55. The number of aromatic hydroxyl groups is 1. The number of nitrogens with one attached hydrogen (secondary N) is 1. The summed E-state index contributed by atoms with van der Waals surface area (Å²) in [6, 6.07) is 7.30. The van der Waals surface area contributed by atoms with E-state index in [1.165, 1.54) is 0 Å². The Kier molecular flexibility index (Phi) is 2.67. The fourth-order valence-corrected chi connectivity index (χ4v) is 1.84. The molecule has 2 N–H and O–H groups in total. The standard InChI is InChI=1S/C12H17NO2/c1-12(2)8-13-11(15-12)7-9-4-3-5-10(14)6-9/h3-6,11,13-14H,7-8H2,1-2H3. The van der Waals surface area contributed by atoms with Crippen molar-refractivity contribution in [2.24, 2.45) is 0 Å². The summed E-state index contributed by atoms with van der Waals surface area (Å²) < 4.78 is 5.80. The van der Waals surface area contributed by atoms with E-state index in [-0.39, 0.29) is 11.8 Å². The Balaban J connectivity index is 1.99. The van der Waals surface area contributed by atoms with E-state index in [0.29, 0.717) is 5.75 Å². The minimum atomic E-state index is -0.0819. The largest absolute Gasteiger partial charge is 0.508 e. The molecule has 1 aromatic rings. The van der Waals surface area contributed by atoms with Crippen molar-refractivity contribution in [2.45, 2.75) is 32.1 Å². The number of ether oxygens (including phenoxy) is 1. The van der Waals surface area contributed by atoms with Crippen LogP contribution in [0.4, 0.5) is 0 Å². The molecule has 1 aliphatic heterocycles. The molecule has 1 aromatic carbocycles. The van der Waals surface area contributed by atoms with Gasteiger partial charge in [-0.15, -0.1) is 0 Å². The first-order valence-electron chi connectivity index (χ1n) is 5.24. The molecule has 0 saturated carbocycles. The van der Waals surface area contributed by atoms with Crippen LogP contribution >= 0.6 is 0 Å². The van der Waals surface area contributed by atoms with Crippen molar-refractivity contribution in [3.05, 3.63) is 29.8 Å². The fourth-order valence-electron chi connectivity index (χ4n) is 1.84. The van der Waals surface area contributed by atoms with Crippen molar-refractivity contribution < 1.29 is 9.84 Å². The van der Waals surface area contributed by atoms with Crippen LogP contribution in [0.15, 0.2) is 24.3 Å². The Hall–Kier alpha value is -1.06. The van der Waals surface area contributed by atoms with Gasteiger partial charge in [0.15, 0.2) is 0 Å². The van der Waals surface area contributed by atoms with E-state index in [4.69, 9.17) is 4.74 Å². The summed E-state index contributed by atoms with van der Waals surface area (Å²) in [5, 5.41) is 12.6. The van der Waals surface area contributed by atoms with Crippen LogP contribution in [0.1, 0.15) is 19.4 Å². The van der Waals surface area contributed by atoms with Crippen LogP contribution in [0.2, 0.25) is 0 Å². The summed E-state index contributed by atoms with van der Waals surface area (Å²) in [5.41, 5.74) is 1.01. The lowest BCUT2D eigenvalue weighted by Gasteiger charge is -2.17. The lowest BCUT2D eigenvalue weighted by atomic mass is 10.1. The normalized spacial score (nSPS) is 24.3. The van der Waals surface area contributed by atoms with Crippen LogP contribution < -0.4 is 5.32 Å². The van der Waals surface area contributed by atoms with Crippen LogP contribution in [-0.4, -0.2) is 23.5 Å². The van der Waals surface area contributed by atoms with E-state index < -0.39 is 0 Å². The van der Waals surface area contributed by atoms with E-state index in [0.717, 1.165) is 18.5 Å². The average molecular weight is 207 g/mol. The molecule has 0 aromatic heterocycles. The molecule has 0 spiro atoms. The molecule has 0 radical (unpaired) electrons. The zero-order valence-electron chi connectivity index (χ0n) is 9.16. The highest BCUT2D eigenvalue weighted by atomic mass is 16.5. The SMILES string of the molecule is CC1(C)CNC(Cc2cccc(O)c2)O1. The predicted molar refractivity (Wildman–Crippen MR) is 58.8 cm³/mol. The maximum Gasteiger partial charge on any atom is 0.115 e. The Bertz CT molecular complexity index is 349. The smallest absolute Gasteiger partial charge is 0.115 e. The molecule has 82 valence electrons. The van der Waals surface area contributed by atoms with Gasteiger partial charge in [0.25, 0.3) is 0 Å². The van der Waals surface area contributed by atoms with Gasteiger partial charge in [0.1, 0.15) is 12.0 Å². The van der Waals surface area contributed by atoms with Gasteiger partial charge in [-0.25, -0.2) is 0 Å². The molecule has 2 rings (SSSR count). The highest BCUT2D eigenvalue weighted by Gasteiger charge is 2.30. The number of phenolic OH excluding ortho intramolecular Hbond substituents is 1. The zero-order valence-corrected chi connectivity index (χ0v) is 9.16. The maximum atomic E-state index is 9.33. The summed E-state index contributed by atoms with van der Waals surface area (Å²) in [7, 11) is 0. The van der Waals surface area contributed by atoms with Gasteiger partial charge in [-0.1, -0.05) is 12.1 Å². The van der Waals surface area contributed by atoms with Crippen molar-refractivity contribution in [3.63, 3.8) is 0 Å². The first kappa shape index (κ1) is 10.5. The van der Waals surface area contributed by atoms with Gasteiger partial charge in [-0.3, -0.25) is 5.32 Å². The Morgan fingerprint density at radius 3 is 2.93 bits per heavy atom. The summed E-state index contributed by atoms with van der Waals surface area (Å²) in [4.78, 5) is 0. The first-order valence-corrected chi connectivity index (χ1v) is 5.24. The molecule has 1 heterocycles. The topological polar surface area (TPSA) is 41.5 Å². The second-order valence-electron chi connectivity index (χ2n) is 4.62. The first-order chi connectivity index (χ1) is 7.05. The van der Waals surface area contributed by atoms with Crippen molar-refractivity contribution in [1.29, 1.82) is 0 Å². The molecule has 0 aliphatic carbocycles. The summed E-state index contributed by atoms with van der Waals surface area (Å²) >= 11 is 0. The third kappa shape index (κ3) is 2.70. The minimum absolute atomic E-state index is 0.0572. The van der Waals surface area contributed by atoms with E-state index >= 15 is 0 Å². The highest BCUT2D eigenvalue weighted by molar-refractivity contribution is 5.27. The summed E-state index contributed by atoms with van der Waals surface area (Å²) in [6.45, 7) is 5.02. The minimum Gasteiger partial charge on any atom is -0.508 e. The van der Waals surface area contributed by atoms with Crippen molar-refractivity contribution >= 4 is 0 Å².